The van der Waals surface area contributed by atoms with Gasteiger partial charge in [0.05, 0.1) is 0 Å². The molecule has 2 aliphatic rings. The lowest BCUT2D eigenvalue weighted by molar-refractivity contribution is -0.817. The molecule has 2 aliphatic heterocycles. The molecule has 1 unspecified atom stereocenters. The number of hydrogen-bond acceptors (Lipinski definition) is 3. The number of rotatable bonds is 3. The van der Waals surface area contributed by atoms with Crippen molar-refractivity contribution in [2.24, 2.45) is 0 Å². The Morgan fingerprint density at radius 3 is 2.76 bits per heavy atom. The van der Waals surface area contributed by atoms with Crippen LogP contribution in [0.4, 0.5) is 16.2 Å². The van der Waals surface area contributed by atoms with E-state index in [-0.39, 0.29) is 11.2 Å². The lowest BCUT2D eigenvalue weighted by Crippen LogP contribution is -3.12. The Hall–Kier alpha value is -1.34. The molecule has 0 aliphatic carbocycles. The van der Waals surface area contributed by atoms with Gasteiger partial charge in [0.15, 0.2) is 5.69 Å². The summed E-state index contributed by atoms with van der Waals surface area (Å²) in [5, 5.41) is 12.0. The second-order valence-electron chi connectivity index (χ2n) is 5.47. The second-order valence-corrected chi connectivity index (χ2v) is 5.91. The summed E-state index contributed by atoms with van der Waals surface area (Å²) in [4.78, 5) is 16.1. The predicted octanol–water partition coefficient (Wildman–Crippen LogP) is 1.28. The summed E-state index contributed by atoms with van der Waals surface area (Å²) in [6.07, 6.45) is 3.72. The normalized spacial score (nSPS) is 22.9. The number of fused-ring (bicyclic) bond motifs is 1. The molecule has 2 N–H and O–H groups in total. The first kappa shape index (κ1) is 14.6. The third kappa shape index (κ3) is 3.13. The van der Waals surface area contributed by atoms with Crippen molar-refractivity contribution in [1.29, 1.82) is 0 Å². The van der Waals surface area contributed by atoms with Crippen molar-refractivity contribution in [3.8, 4) is 0 Å². The van der Waals surface area contributed by atoms with E-state index in [4.69, 9.17) is 11.6 Å². The number of nitrogens with one attached hydrogen (secondary N) is 2. The van der Waals surface area contributed by atoms with Gasteiger partial charge in [0.25, 0.3) is 0 Å². The number of anilines is 1. The van der Waals surface area contributed by atoms with Crippen LogP contribution < -0.4 is 15.5 Å². The Labute approximate surface area is 128 Å². The molecular weight excluding hydrogens is 292 g/mol. The Morgan fingerprint density at radius 2 is 2.00 bits per heavy atom. The van der Waals surface area contributed by atoms with Crippen molar-refractivity contribution in [1.82, 2.24) is 10.3 Å². The average molecular weight is 311 g/mol. The number of carbonyl (C=O) groups is 1. The Kier molecular flexibility index (Phi) is 4.30. The summed E-state index contributed by atoms with van der Waals surface area (Å²) in [7, 11) is 0. The van der Waals surface area contributed by atoms with Gasteiger partial charge in [0.2, 0.25) is 0 Å². The zero-order valence-corrected chi connectivity index (χ0v) is 12.5. The van der Waals surface area contributed by atoms with Crippen LogP contribution in [0.15, 0.2) is 18.2 Å². The summed E-state index contributed by atoms with van der Waals surface area (Å²) in [6, 6.07) is 4.64. The van der Waals surface area contributed by atoms with Crippen LogP contribution in [0.5, 0.6) is 0 Å². The SMILES string of the molecule is O=C1N[NH+]([O-])c2ccc(Cl)cc2N1CCN1CCCCC1. The van der Waals surface area contributed by atoms with E-state index in [1.165, 1.54) is 19.3 Å². The molecule has 21 heavy (non-hydrogen) atoms. The van der Waals surface area contributed by atoms with E-state index in [9.17, 15) is 10.0 Å². The van der Waals surface area contributed by atoms with Crippen LogP contribution in [-0.2, 0) is 0 Å². The number of hydrogen-bond donors (Lipinski definition) is 2. The van der Waals surface area contributed by atoms with Crippen molar-refractivity contribution in [2.75, 3.05) is 31.1 Å². The van der Waals surface area contributed by atoms with Gasteiger partial charge in [-0.15, -0.1) is 0 Å². The summed E-state index contributed by atoms with van der Waals surface area (Å²) < 4.78 is 0. The quantitative estimate of drug-likeness (QED) is 0.827. The average Bonchev–Trinajstić information content (AvgIpc) is 2.47. The third-order valence-electron chi connectivity index (χ3n) is 4.05. The molecule has 6 nitrogen and oxygen atoms in total. The number of likely N-dealkylation sites (tertiary alicyclic amines) is 1. The molecule has 0 spiro atoms. The predicted molar refractivity (Wildman–Crippen MR) is 81.6 cm³/mol. The van der Waals surface area contributed by atoms with Gasteiger partial charge in [-0.05, 0) is 38.1 Å². The standard InChI is InChI=1S/C14H19ClN4O2/c15-11-4-5-12-13(10-11)18(14(20)16-19(12)21)9-8-17-6-2-1-3-7-17/h4-5,10,19H,1-3,6-9H2,(H,16,20). The van der Waals surface area contributed by atoms with E-state index >= 15 is 0 Å². The minimum atomic E-state index is -0.369. The van der Waals surface area contributed by atoms with E-state index in [1.807, 2.05) is 0 Å². The minimum absolute atomic E-state index is 0.360. The smallest absolute Gasteiger partial charge is 0.366 e. The molecule has 1 atom stereocenters. The lowest BCUT2D eigenvalue weighted by Gasteiger charge is -2.36. The molecule has 1 saturated heterocycles. The van der Waals surface area contributed by atoms with Crippen molar-refractivity contribution in [3.05, 3.63) is 28.4 Å². The highest BCUT2D eigenvalue weighted by molar-refractivity contribution is 6.31. The number of quaternary nitrogens is 1. The third-order valence-corrected chi connectivity index (χ3v) is 4.28. The van der Waals surface area contributed by atoms with E-state index in [2.05, 4.69) is 10.3 Å². The van der Waals surface area contributed by atoms with E-state index in [0.29, 0.717) is 22.9 Å². The van der Waals surface area contributed by atoms with Gasteiger partial charge >= 0.3 is 6.03 Å². The van der Waals surface area contributed by atoms with E-state index < -0.39 is 0 Å². The number of urea groups is 1. The van der Waals surface area contributed by atoms with Gasteiger partial charge in [0, 0.05) is 24.2 Å². The van der Waals surface area contributed by atoms with E-state index in [1.54, 1.807) is 23.1 Å². The molecule has 0 aromatic heterocycles. The van der Waals surface area contributed by atoms with Crippen LogP contribution in [-0.4, -0.2) is 37.1 Å². The van der Waals surface area contributed by atoms with Gasteiger partial charge in [-0.3, -0.25) is 4.90 Å². The number of piperidine rings is 1. The summed E-state index contributed by atoms with van der Waals surface area (Å²) >= 11 is 6.01. The molecule has 3 rings (SSSR count). The number of carbonyl (C=O) groups excluding carboxylic acids is 1. The van der Waals surface area contributed by atoms with Crippen LogP contribution in [0.2, 0.25) is 5.02 Å². The maximum absolute atomic E-state index is 12.1. The zero-order chi connectivity index (χ0) is 14.8. The molecule has 0 radical (unpaired) electrons. The zero-order valence-electron chi connectivity index (χ0n) is 11.8. The molecule has 1 aromatic rings. The molecule has 2 heterocycles. The molecule has 7 heteroatoms. The summed E-state index contributed by atoms with van der Waals surface area (Å²) in [6.45, 7) is 3.54. The van der Waals surface area contributed by atoms with Gasteiger partial charge in [-0.1, -0.05) is 18.0 Å². The number of benzene rings is 1. The molecule has 2 amide bonds. The highest BCUT2D eigenvalue weighted by Crippen LogP contribution is 2.28. The molecular formula is C14H19ClN4O2. The Balaban J connectivity index is 1.76. The fraction of sp³-hybridized carbons (Fsp3) is 0.500. The van der Waals surface area contributed by atoms with Gasteiger partial charge in [0.1, 0.15) is 5.69 Å². The Bertz CT molecular complexity index is 534. The van der Waals surface area contributed by atoms with Crippen LogP contribution in [0, 0.1) is 5.21 Å². The first-order valence-electron chi connectivity index (χ1n) is 7.30. The Morgan fingerprint density at radius 1 is 1.24 bits per heavy atom. The minimum Gasteiger partial charge on any atom is -0.603 e. The van der Waals surface area contributed by atoms with Gasteiger partial charge in [-0.25, -0.2) is 9.97 Å². The van der Waals surface area contributed by atoms with Gasteiger partial charge < -0.3 is 10.1 Å². The van der Waals surface area contributed by atoms with Crippen LogP contribution in [0.25, 0.3) is 0 Å². The summed E-state index contributed by atoms with van der Waals surface area (Å²) in [5.74, 6) is 0. The van der Waals surface area contributed by atoms with Gasteiger partial charge in [-0.2, -0.15) is 5.43 Å². The first-order valence-corrected chi connectivity index (χ1v) is 7.68. The number of halogens is 1. The van der Waals surface area contributed by atoms with Crippen molar-refractivity contribution in [3.63, 3.8) is 0 Å². The van der Waals surface area contributed by atoms with Crippen molar-refractivity contribution >= 4 is 29.0 Å². The fourth-order valence-corrected chi connectivity index (χ4v) is 3.07. The molecule has 114 valence electrons. The maximum atomic E-state index is 12.1. The van der Waals surface area contributed by atoms with Crippen molar-refractivity contribution in [2.45, 2.75) is 19.3 Å². The van der Waals surface area contributed by atoms with E-state index in [0.717, 1.165) is 19.6 Å². The maximum Gasteiger partial charge on any atom is 0.366 e. The van der Waals surface area contributed by atoms with Crippen molar-refractivity contribution < 1.29 is 9.97 Å². The largest absolute Gasteiger partial charge is 0.603 e. The first-order chi connectivity index (χ1) is 10.1. The number of nitrogens with zero attached hydrogens (tertiary/aromatic N) is 2. The molecule has 1 fully saturated rings. The lowest BCUT2D eigenvalue weighted by atomic mass is 10.1. The topological polar surface area (TPSA) is 63.1 Å². The fourth-order valence-electron chi connectivity index (χ4n) is 2.91. The highest BCUT2D eigenvalue weighted by Gasteiger charge is 2.30. The van der Waals surface area contributed by atoms with Crippen LogP contribution in [0.1, 0.15) is 19.3 Å². The van der Waals surface area contributed by atoms with Crippen LogP contribution in [0.3, 0.4) is 0 Å². The second kappa shape index (κ2) is 6.19. The summed E-state index contributed by atoms with van der Waals surface area (Å²) in [5.41, 5.74) is 3.48. The van der Waals surface area contributed by atoms with Crippen LogP contribution >= 0.6 is 11.6 Å². The molecule has 1 aromatic carbocycles. The highest BCUT2D eigenvalue weighted by atomic mass is 35.5. The molecule has 0 bridgehead atoms. The number of amides is 2. The molecule has 0 saturated carbocycles. The monoisotopic (exact) mass is 310 g/mol.